The lowest BCUT2D eigenvalue weighted by molar-refractivity contribution is -0.115. The third-order valence-corrected chi connectivity index (χ3v) is 6.44. The predicted molar refractivity (Wildman–Crippen MR) is 138 cm³/mol. The number of halogens is 3. The lowest BCUT2D eigenvalue weighted by Crippen LogP contribution is -2.32. The van der Waals surface area contributed by atoms with Crippen molar-refractivity contribution in [1.29, 1.82) is 5.26 Å². The molecule has 1 amide bonds. The van der Waals surface area contributed by atoms with E-state index in [0.29, 0.717) is 27.9 Å². The third kappa shape index (κ3) is 7.40. The number of nitriles is 1. The van der Waals surface area contributed by atoms with E-state index in [0.717, 1.165) is 23.3 Å². The molecule has 2 aromatic carbocycles. The highest BCUT2D eigenvalue weighted by Crippen LogP contribution is 2.32. The van der Waals surface area contributed by atoms with Crippen LogP contribution in [0, 0.1) is 17.1 Å². The molecule has 1 aliphatic heterocycles. The van der Waals surface area contributed by atoms with Gasteiger partial charge in [-0.2, -0.15) is 14.0 Å². The minimum atomic E-state index is -3.59. The number of aliphatic imine (C=N–C) groups is 1. The molecule has 35 heavy (non-hydrogen) atoms. The number of hydrogen-bond donors (Lipinski definition) is 1. The maximum absolute atomic E-state index is 14.5. The minimum absolute atomic E-state index is 0.147. The SMILES string of the molecule is CSNC(=O)C1=C(C)CSC(N(Cc2ccc(OC(F)(F)P)c(F)c2)c2ccc(CC#N)cc2)=N1. The third-order valence-electron chi connectivity index (χ3n) is 4.78. The number of carbonyl (C=O) groups excluding carboxylic acids is 1. The van der Waals surface area contributed by atoms with Crippen molar-refractivity contribution in [2.24, 2.45) is 4.99 Å². The maximum Gasteiger partial charge on any atom is 0.408 e. The van der Waals surface area contributed by atoms with Crippen LogP contribution in [0.1, 0.15) is 18.1 Å². The summed E-state index contributed by atoms with van der Waals surface area (Å²) in [6, 6.07) is 13.1. The van der Waals surface area contributed by atoms with Gasteiger partial charge >= 0.3 is 5.85 Å². The van der Waals surface area contributed by atoms with Crippen LogP contribution in [-0.2, 0) is 17.8 Å². The van der Waals surface area contributed by atoms with Crippen LogP contribution in [-0.4, -0.2) is 28.9 Å². The molecule has 1 N–H and O–H groups in total. The summed E-state index contributed by atoms with van der Waals surface area (Å²) >= 11 is 2.59. The van der Waals surface area contributed by atoms with Crippen LogP contribution in [0.2, 0.25) is 0 Å². The topological polar surface area (TPSA) is 77.7 Å². The zero-order chi connectivity index (χ0) is 25.6. The van der Waals surface area contributed by atoms with Crippen LogP contribution in [0.25, 0.3) is 0 Å². The first-order valence-electron chi connectivity index (χ1n) is 10.2. The molecule has 3 rings (SSSR count). The zero-order valence-electron chi connectivity index (χ0n) is 18.8. The first-order chi connectivity index (χ1) is 16.6. The molecule has 0 aliphatic carbocycles. The van der Waals surface area contributed by atoms with Crippen LogP contribution in [0.15, 0.2) is 58.7 Å². The summed E-state index contributed by atoms with van der Waals surface area (Å²) in [5.74, 6) is -4.87. The molecular weight excluding hydrogens is 516 g/mol. The van der Waals surface area contributed by atoms with Crippen molar-refractivity contribution in [3.8, 4) is 11.8 Å². The number of thioether (sulfide) groups is 1. The van der Waals surface area contributed by atoms with Crippen molar-refractivity contribution >= 4 is 49.7 Å². The summed E-state index contributed by atoms with van der Waals surface area (Å²) in [7, 11) is 1.20. The van der Waals surface area contributed by atoms with Crippen molar-refractivity contribution in [1.82, 2.24) is 4.72 Å². The van der Waals surface area contributed by atoms with Crippen LogP contribution >= 0.6 is 32.9 Å². The second-order valence-electron chi connectivity index (χ2n) is 7.46. The number of benzene rings is 2. The van der Waals surface area contributed by atoms with E-state index in [9.17, 15) is 18.0 Å². The molecule has 0 saturated carbocycles. The zero-order valence-corrected chi connectivity index (χ0v) is 21.6. The molecule has 0 fully saturated rings. The van der Waals surface area contributed by atoms with E-state index >= 15 is 0 Å². The molecule has 12 heteroatoms. The van der Waals surface area contributed by atoms with Crippen LogP contribution in [0.5, 0.6) is 5.75 Å². The van der Waals surface area contributed by atoms with Gasteiger partial charge in [0.25, 0.3) is 5.91 Å². The highest BCUT2D eigenvalue weighted by atomic mass is 32.2. The smallest absolute Gasteiger partial charge is 0.408 e. The molecule has 2 aromatic rings. The number of anilines is 1. The molecule has 0 aromatic heterocycles. The largest absolute Gasteiger partial charge is 0.427 e. The fraction of sp³-hybridized carbons (Fsp3) is 0.261. The van der Waals surface area contributed by atoms with Gasteiger partial charge in [-0.25, -0.2) is 9.38 Å². The Labute approximate surface area is 212 Å². The Morgan fingerprint density at radius 2 is 2.00 bits per heavy atom. The first kappa shape index (κ1) is 26.9. The van der Waals surface area contributed by atoms with Crippen molar-refractivity contribution in [2.45, 2.75) is 25.7 Å². The molecular formula is C23H22F3N4O2PS2. The number of nitrogens with zero attached hydrogens (tertiary/aromatic N) is 3. The molecule has 1 aliphatic rings. The highest BCUT2D eigenvalue weighted by molar-refractivity contribution is 8.14. The lowest BCUT2D eigenvalue weighted by atomic mass is 10.1. The van der Waals surface area contributed by atoms with E-state index in [1.807, 2.05) is 19.1 Å². The molecule has 6 nitrogen and oxygen atoms in total. The summed E-state index contributed by atoms with van der Waals surface area (Å²) in [5, 5.41) is 9.46. The van der Waals surface area contributed by atoms with Gasteiger partial charge < -0.3 is 9.64 Å². The Bertz CT molecular complexity index is 1190. The number of amidine groups is 1. The quantitative estimate of drug-likeness (QED) is 0.355. The van der Waals surface area contributed by atoms with Gasteiger partial charge in [0.05, 0.1) is 19.0 Å². The number of hydrogen-bond acceptors (Lipinski definition) is 7. The van der Waals surface area contributed by atoms with Crippen molar-refractivity contribution < 1.29 is 22.7 Å². The molecule has 0 radical (unpaired) electrons. The van der Waals surface area contributed by atoms with Gasteiger partial charge in [0.1, 0.15) is 5.70 Å². The fourth-order valence-electron chi connectivity index (χ4n) is 3.20. The van der Waals surface area contributed by atoms with E-state index in [4.69, 9.17) is 5.26 Å². The van der Waals surface area contributed by atoms with E-state index in [1.54, 1.807) is 23.3 Å². The Hall–Kier alpha value is -2.67. The van der Waals surface area contributed by atoms with Gasteiger partial charge in [0, 0.05) is 17.7 Å². The van der Waals surface area contributed by atoms with Crippen LogP contribution in [0.3, 0.4) is 0 Å². The van der Waals surface area contributed by atoms with E-state index in [2.05, 4.69) is 20.5 Å². The number of amides is 1. The fourth-order valence-corrected chi connectivity index (χ4v) is 4.57. The molecule has 184 valence electrons. The van der Waals surface area contributed by atoms with Crippen LogP contribution in [0.4, 0.5) is 18.9 Å². The van der Waals surface area contributed by atoms with Crippen LogP contribution < -0.4 is 14.4 Å². The van der Waals surface area contributed by atoms with Gasteiger partial charge in [-0.1, -0.05) is 41.9 Å². The summed E-state index contributed by atoms with van der Waals surface area (Å²) in [6.07, 6.45) is 1.99. The number of carbonyl (C=O) groups is 1. The van der Waals surface area contributed by atoms with Gasteiger partial charge in [0.2, 0.25) is 0 Å². The molecule has 0 saturated heterocycles. The Kier molecular flexibility index (Phi) is 9.11. The Morgan fingerprint density at radius 1 is 1.31 bits per heavy atom. The van der Waals surface area contributed by atoms with E-state index in [-0.39, 0.29) is 18.9 Å². The molecule has 0 bridgehead atoms. The second kappa shape index (κ2) is 11.8. The Morgan fingerprint density at radius 3 is 2.60 bits per heavy atom. The van der Waals surface area contributed by atoms with Crippen molar-refractivity contribution in [3.63, 3.8) is 0 Å². The summed E-state index contributed by atoms with van der Waals surface area (Å²) in [6.45, 7) is 1.98. The van der Waals surface area contributed by atoms with Gasteiger partial charge in [-0.15, -0.1) is 0 Å². The average Bonchev–Trinajstić information content (AvgIpc) is 2.80. The van der Waals surface area contributed by atoms with Gasteiger partial charge in [0.15, 0.2) is 16.7 Å². The molecule has 1 heterocycles. The number of alkyl halides is 2. The molecule has 1 unspecified atom stereocenters. The average molecular weight is 539 g/mol. The number of nitrogens with one attached hydrogen (secondary N) is 1. The van der Waals surface area contributed by atoms with Gasteiger partial charge in [-0.05, 0) is 57.1 Å². The number of ether oxygens (including phenoxy) is 1. The summed E-state index contributed by atoms with van der Waals surface area (Å²) < 4.78 is 47.8. The van der Waals surface area contributed by atoms with E-state index < -0.39 is 17.4 Å². The second-order valence-corrected chi connectivity index (χ2v) is 9.69. The van der Waals surface area contributed by atoms with E-state index in [1.165, 1.54) is 39.0 Å². The predicted octanol–water partition coefficient (Wildman–Crippen LogP) is 5.47. The molecule has 1 atom stereocenters. The Balaban J connectivity index is 1.98. The van der Waals surface area contributed by atoms with Gasteiger partial charge in [-0.3, -0.25) is 9.52 Å². The maximum atomic E-state index is 14.5. The summed E-state index contributed by atoms with van der Waals surface area (Å²) in [5.41, 5.74) is 3.14. The highest BCUT2D eigenvalue weighted by Gasteiger charge is 2.26. The summed E-state index contributed by atoms with van der Waals surface area (Å²) in [4.78, 5) is 18.9. The normalized spacial score (nSPS) is 13.7. The van der Waals surface area contributed by atoms with Crippen molar-refractivity contribution in [2.75, 3.05) is 16.9 Å². The minimum Gasteiger partial charge on any atom is -0.427 e. The lowest BCUT2D eigenvalue weighted by Gasteiger charge is -2.29. The van der Waals surface area contributed by atoms with Crippen molar-refractivity contribution in [3.05, 3.63) is 70.7 Å². The standard InChI is InChI=1S/C23H22F3N4O2PS2/c1-14-13-35-22(28-20(14)21(31)29-34-2)30(17-6-3-15(4-7-17)9-10-27)12-16-5-8-19(18(24)11-16)32-23(25,26)33/h3-8,11H,9,12-13,33H2,1-2H3,(H,29,31). The number of rotatable bonds is 8. The first-order valence-corrected chi connectivity index (χ1v) is 13.0. The monoisotopic (exact) mass is 538 g/mol. The molecule has 0 spiro atoms.